The van der Waals surface area contributed by atoms with E-state index in [0.717, 1.165) is 19.5 Å². The summed E-state index contributed by atoms with van der Waals surface area (Å²) in [6.07, 6.45) is 2.29. The minimum Gasteiger partial charge on any atom is -0.480 e. The summed E-state index contributed by atoms with van der Waals surface area (Å²) in [4.78, 5) is 15.3. The monoisotopic (exact) mass is 229 g/mol. The fraction of sp³-hybridized carbons (Fsp3) is 0.909. The molecule has 94 valence electrons. The third-order valence-electron chi connectivity index (χ3n) is 3.25. The summed E-state index contributed by atoms with van der Waals surface area (Å²) in [5, 5.41) is 8.98. The molecule has 16 heavy (non-hydrogen) atoms. The molecule has 5 heteroatoms. The van der Waals surface area contributed by atoms with Gasteiger partial charge in [-0.15, -0.1) is 0 Å². The zero-order valence-corrected chi connectivity index (χ0v) is 10.4. The number of likely N-dealkylation sites (N-methyl/N-ethyl adjacent to an activating group) is 1. The summed E-state index contributed by atoms with van der Waals surface area (Å²) in [5.41, 5.74) is 4.61. The molecule has 0 aromatic rings. The fourth-order valence-corrected chi connectivity index (χ4v) is 2.13. The fourth-order valence-electron chi connectivity index (χ4n) is 2.13. The van der Waals surface area contributed by atoms with Crippen LogP contribution in [0, 0.1) is 0 Å². The second-order valence-corrected chi connectivity index (χ2v) is 5.22. The molecule has 0 spiro atoms. The topological polar surface area (TPSA) is 69.8 Å². The van der Waals surface area contributed by atoms with Crippen molar-refractivity contribution in [3.8, 4) is 0 Å². The molecule has 2 atom stereocenters. The molecule has 0 saturated carbocycles. The largest absolute Gasteiger partial charge is 0.480 e. The van der Waals surface area contributed by atoms with Crippen LogP contribution in [0.15, 0.2) is 0 Å². The van der Waals surface area contributed by atoms with Crippen LogP contribution in [-0.2, 0) is 4.79 Å². The Bertz CT molecular complexity index is 254. The summed E-state index contributed by atoms with van der Waals surface area (Å²) in [6, 6.07) is 0.512. The normalized spacial score (nSPS) is 26.7. The highest BCUT2D eigenvalue weighted by Gasteiger charge is 2.32. The van der Waals surface area contributed by atoms with E-state index in [1.165, 1.54) is 6.42 Å². The smallest absolute Gasteiger partial charge is 0.324 e. The molecule has 0 aliphatic carbocycles. The Kier molecular flexibility index (Phi) is 4.29. The van der Waals surface area contributed by atoms with Gasteiger partial charge < -0.3 is 15.7 Å². The van der Waals surface area contributed by atoms with Gasteiger partial charge in [0.1, 0.15) is 5.54 Å². The summed E-state index contributed by atoms with van der Waals surface area (Å²) in [6.45, 7) is 3.86. The highest BCUT2D eigenvalue weighted by Crippen LogP contribution is 2.15. The quantitative estimate of drug-likeness (QED) is 0.699. The Labute approximate surface area is 97.2 Å². The maximum absolute atomic E-state index is 10.9. The van der Waals surface area contributed by atoms with Gasteiger partial charge in [0.05, 0.1) is 0 Å². The maximum Gasteiger partial charge on any atom is 0.324 e. The number of carboxylic acids is 1. The third kappa shape index (κ3) is 3.43. The van der Waals surface area contributed by atoms with Gasteiger partial charge in [-0.3, -0.25) is 9.69 Å². The molecule has 1 heterocycles. The van der Waals surface area contributed by atoms with Crippen molar-refractivity contribution in [3.05, 3.63) is 0 Å². The van der Waals surface area contributed by atoms with Crippen molar-refractivity contribution in [1.82, 2.24) is 9.80 Å². The van der Waals surface area contributed by atoms with Gasteiger partial charge in [0.25, 0.3) is 0 Å². The first kappa shape index (κ1) is 13.4. The third-order valence-corrected chi connectivity index (χ3v) is 3.25. The second-order valence-electron chi connectivity index (χ2n) is 5.22. The molecule has 0 aromatic carbocycles. The van der Waals surface area contributed by atoms with Crippen LogP contribution < -0.4 is 5.73 Å². The lowest BCUT2D eigenvalue weighted by molar-refractivity contribution is -0.143. The lowest BCUT2D eigenvalue weighted by atomic mass is 9.99. The number of hydrogen-bond donors (Lipinski definition) is 2. The summed E-state index contributed by atoms with van der Waals surface area (Å²) >= 11 is 0. The summed E-state index contributed by atoms with van der Waals surface area (Å²) < 4.78 is 0. The number of piperidine rings is 1. The Morgan fingerprint density at radius 1 is 1.62 bits per heavy atom. The van der Waals surface area contributed by atoms with Gasteiger partial charge in [0.2, 0.25) is 0 Å². The van der Waals surface area contributed by atoms with Crippen molar-refractivity contribution in [2.45, 2.75) is 31.3 Å². The van der Waals surface area contributed by atoms with Crippen LogP contribution in [0.1, 0.15) is 19.8 Å². The van der Waals surface area contributed by atoms with Crippen molar-refractivity contribution in [3.63, 3.8) is 0 Å². The van der Waals surface area contributed by atoms with Gasteiger partial charge in [0.15, 0.2) is 0 Å². The van der Waals surface area contributed by atoms with Crippen molar-refractivity contribution in [2.24, 2.45) is 5.73 Å². The SMILES string of the molecule is CN(C)C1CCCN(CC(C)(N)C(=O)O)C1. The van der Waals surface area contributed by atoms with Crippen LogP contribution in [0.5, 0.6) is 0 Å². The zero-order valence-electron chi connectivity index (χ0n) is 10.4. The molecule has 1 saturated heterocycles. The van der Waals surface area contributed by atoms with Crippen molar-refractivity contribution in [2.75, 3.05) is 33.7 Å². The standard InChI is InChI=1S/C11H23N3O2/c1-11(12,10(15)16)8-14-6-4-5-9(7-14)13(2)3/h9H,4-8,12H2,1-3H3,(H,15,16). The van der Waals surface area contributed by atoms with E-state index in [1.54, 1.807) is 6.92 Å². The lowest BCUT2D eigenvalue weighted by Gasteiger charge is -2.38. The Balaban J connectivity index is 2.52. The van der Waals surface area contributed by atoms with E-state index in [0.29, 0.717) is 12.6 Å². The molecule has 0 radical (unpaired) electrons. The Hall–Kier alpha value is -0.650. The number of carbonyl (C=O) groups is 1. The minimum absolute atomic E-state index is 0.423. The molecule has 0 bridgehead atoms. The molecule has 0 amide bonds. The van der Waals surface area contributed by atoms with E-state index in [9.17, 15) is 4.79 Å². The van der Waals surface area contributed by atoms with Gasteiger partial charge in [0, 0.05) is 19.1 Å². The van der Waals surface area contributed by atoms with Crippen LogP contribution in [-0.4, -0.2) is 66.2 Å². The molecule has 3 N–H and O–H groups in total. The Morgan fingerprint density at radius 2 is 2.25 bits per heavy atom. The minimum atomic E-state index is -1.14. The van der Waals surface area contributed by atoms with Gasteiger partial charge >= 0.3 is 5.97 Å². The van der Waals surface area contributed by atoms with E-state index in [4.69, 9.17) is 10.8 Å². The number of nitrogens with zero attached hydrogens (tertiary/aromatic N) is 2. The number of likely N-dealkylation sites (tertiary alicyclic amines) is 1. The van der Waals surface area contributed by atoms with Gasteiger partial charge in [-0.2, -0.15) is 0 Å². The van der Waals surface area contributed by atoms with Crippen LogP contribution >= 0.6 is 0 Å². The van der Waals surface area contributed by atoms with Gasteiger partial charge in [-0.1, -0.05) is 0 Å². The molecule has 1 aliphatic heterocycles. The average Bonchev–Trinajstić information content (AvgIpc) is 2.17. The van der Waals surface area contributed by atoms with E-state index in [1.807, 2.05) is 0 Å². The molecule has 2 unspecified atom stereocenters. The molecular formula is C11H23N3O2. The first-order valence-corrected chi connectivity index (χ1v) is 5.74. The van der Waals surface area contributed by atoms with E-state index in [2.05, 4.69) is 23.9 Å². The Morgan fingerprint density at radius 3 is 2.75 bits per heavy atom. The number of carboxylic acid groups (broad SMARTS) is 1. The number of rotatable bonds is 4. The first-order valence-electron chi connectivity index (χ1n) is 5.74. The van der Waals surface area contributed by atoms with E-state index < -0.39 is 11.5 Å². The highest BCUT2D eigenvalue weighted by molar-refractivity contribution is 5.78. The highest BCUT2D eigenvalue weighted by atomic mass is 16.4. The molecule has 1 aliphatic rings. The molecule has 1 rings (SSSR count). The van der Waals surface area contributed by atoms with Crippen LogP contribution in [0.3, 0.4) is 0 Å². The first-order chi connectivity index (χ1) is 7.33. The number of nitrogens with two attached hydrogens (primary N) is 1. The van der Waals surface area contributed by atoms with Crippen LogP contribution in [0.4, 0.5) is 0 Å². The summed E-state index contributed by atoms with van der Waals surface area (Å²) in [7, 11) is 4.13. The van der Waals surface area contributed by atoms with Crippen molar-refractivity contribution < 1.29 is 9.90 Å². The van der Waals surface area contributed by atoms with Crippen molar-refractivity contribution in [1.29, 1.82) is 0 Å². The van der Waals surface area contributed by atoms with Crippen LogP contribution in [0.2, 0.25) is 0 Å². The number of aliphatic carboxylic acids is 1. The molecular weight excluding hydrogens is 206 g/mol. The lowest BCUT2D eigenvalue weighted by Crippen LogP contribution is -2.57. The molecule has 1 fully saturated rings. The van der Waals surface area contributed by atoms with E-state index in [-0.39, 0.29) is 0 Å². The van der Waals surface area contributed by atoms with E-state index >= 15 is 0 Å². The van der Waals surface area contributed by atoms with Crippen LogP contribution in [0.25, 0.3) is 0 Å². The molecule has 5 nitrogen and oxygen atoms in total. The second kappa shape index (κ2) is 5.12. The average molecular weight is 229 g/mol. The number of hydrogen-bond acceptors (Lipinski definition) is 4. The molecule has 0 aromatic heterocycles. The summed E-state index contributed by atoms with van der Waals surface area (Å²) in [5.74, 6) is -0.931. The maximum atomic E-state index is 10.9. The van der Waals surface area contributed by atoms with Gasteiger partial charge in [-0.05, 0) is 40.4 Å². The van der Waals surface area contributed by atoms with Crippen molar-refractivity contribution >= 4 is 5.97 Å². The predicted molar refractivity (Wildman–Crippen MR) is 63.4 cm³/mol. The predicted octanol–water partition coefficient (Wildman–Crippen LogP) is -0.186. The zero-order chi connectivity index (χ0) is 12.3. The van der Waals surface area contributed by atoms with Gasteiger partial charge in [-0.25, -0.2) is 0 Å².